The molecule has 0 aliphatic carbocycles. The quantitative estimate of drug-likeness (QED) is 0.720. The number of benzene rings is 1. The average Bonchev–Trinajstić information content (AvgIpc) is 2.47. The highest BCUT2D eigenvalue weighted by Crippen LogP contribution is 2.10. The molecule has 1 atom stereocenters. The van der Waals surface area contributed by atoms with Gasteiger partial charge in [0.25, 0.3) is 0 Å². The lowest BCUT2D eigenvalue weighted by atomic mass is 10.1. The van der Waals surface area contributed by atoms with E-state index in [-0.39, 0.29) is 24.9 Å². The molecule has 0 aromatic heterocycles. The van der Waals surface area contributed by atoms with Crippen molar-refractivity contribution in [1.29, 1.82) is 0 Å². The van der Waals surface area contributed by atoms with Gasteiger partial charge < -0.3 is 9.64 Å². The molecule has 0 aliphatic heterocycles. The van der Waals surface area contributed by atoms with Crippen LogP contribution in [0.25, 0.3) is 0 Å². The molecule has 4 heteroatoms. The summed E-state index contributed by atoms with van der Waals surface area (Å²) >= 11 is 0. The SMILES string of the molecule is CCN(CC)C(=O)CC(C)C(=O)OCc1ccccc1. The van der Waals surface area contributed by atoms with Gasteiger partial charge in [0.05, 0.1) is 5.92 Å². The molecule has 1 rings (SSSR count). The lowest BCUT2D eigenvalue weighted by molar-refractivity contribution is -0.152. The Morgan fingerprint density at radius 1 is 1.15 bits per heavy atom. The predicted octanol–water partition coefficient (Wildman–Crippen LogP) is 2.62. The fourth-order valence-corrected chi connectivity index (χ4v) is 1.92. The Morgan fingerprint density at radius 2 is 1.75 bits per heavy atom. The summed E-state index contributed by atoms with van der Waals surface area (Å²) in [6, 6.07) is 9.52. The molecular weight excluding hydrogens is 254 g/mol. The molecule has 20 heavy (non-hydrogen) atoms. The Hall–Kier alpha value is -1.84. The van der Waals surface area contributed by atoms with Crippen LogP contribution in [0, 0.1) is 5.92 Å². The topological polar surface area (TPSA) is 46.6 Å². The molecule has 110 valence electrons. The zero-order chi connectivity index (χ0) is 15.0. The number of carbonyl (C=O) groups excluding carboxylic acids is 2. The monoisotopic (exact) mass is 277 g/mol. The molecule has 4 nitrogen and oxygen atoms in total. The Bertz CT molecular complexity index is 427. The van der Waals surface area contributed by atoms with Crippen LogP contribution in [0.5, 0.6) is 0 Å². The van der Waals surface area contributed by atoms with E-state index in [9.17, 15) is 9.59 Å². The third kappa shape index (κ3) is 5.03. The summed E-state index contributed by atoms with van der Waals surface area (Å²) in [5.74, 6) is -0.736. The van der Waals surface area contributed by atoms with Crippen LogP contribution in [0.3, 0.4) is 0 Å². The van der Waals surface area contributed by atoms with E-state index in [0.717, 1.165) is 5.56 Å². The first kappa shape index (κ1) is 16.2. The molecule has 0 N–H and O–H groups in total. The van der Waals surface area contributed by atoms with Gasteiger partial charge in [0.15, 0.2) is 0 Å². The molecule has 0 spiro atoms. The Labute approximate surface area is 120 Å². The molecule has 1 aromatic rings. The van der Waals surface area contributed by atoms with E-state index in [1.807, 2.05) is 44.2 Å². The number of hydrogen-bond acceptors (Lipinski definition) is 3. The lowest BCUT2D eigenvalue weighted by Crippen LogP contribution is -2.33. The van der Waals surface area contributed by atoms with Crippen molar-refractivity contribution in [3.05, 3.63) is 35.9 Å². The van der Waals surface area contributed by atoms with E-state index in [1.54, 1.807) is 11.8 Å². The molecule has 0 saturated heterocycles. The van der Waals surface area contributed by atoms with Crippen LogP contribution in [-0.4, -0.2) is 29.9 Å². The van der Waals surface area contributed by atoms with Crippen molar-refractivity contribution in [3.8, 4) is 0 Å². The van der Waals surface area contributed by atoms with E-state index in [1.165, 1.54) is 0 Å². The Morgan fingerprint density at radius 3 is 2.30 bits per heavy atom. The standard InChI is InChI=1S/C16H23NO3/c1-4-17(5-2)15(18)11-13(3)16(19)20-12-14-9-7-6-8-10-14/h6-10,13H,4-5,11-12H2,1-3H3. The summed E-state index contributed by atoms with van der Waals surface area (Å²) in [4.78, 5) is 25.5. The highest BCUT2D eigenvalue weighted by atomic mass is 16.5. The number of amides is 1. The smallest absolute Gasteiger partial charge is 0.309 e. The molecule has 1 unspecified atom stereocenters. The van der Waals surface area contributed by atoms with Crippen LogP contribution in [0.15, 0.2) is 30.3 Å². The number of carbonyl (C=O) groups is 2. The first-order chi connectivity index (χ1) is 9.58. The molecule has 0 fully saturated rings. The summed E-state index contributed by atoms with van der Waals surface area (Å²) in [7, 11) is 0. The van der Waals surface area contributed by atoms with Crippen LogP contribution < -0.4 is 0 Å². The van der Waals surface area contributed by atoms with Crippen LogP contribution in [0.1, 0.15) is 32.8 Å². The number of hydrogen-bond donors (Lipinski definition) is 0. The second-order valence-electron chi connectivity index (χ2n) is 4.76. The lowest BCUT2D eigenvalue weighted by Gasteiger charge is -2.20. The van der Waals surface area contributed by atoms with Gasteiger partial charge in [0.1, 0.15) is 6.61 Å². The minimum absolute atomic E-state index is 0.000777. The third-order valence-corrected chi connectivity index (χ3v) is 3.22. The molecule has 0 saturated carbocycles. The Kier molecular flexibility index (Phi) is 6.77. The van der Waals surface area contributed by atoms with Crippen molar-refractivity contribution >= 4 is 11.9 Å². The highest BCUT2D eigenvalue weighted by Gasteiger charge is 2.20. The van der Waals surface area contributed by atoms with Gasteiger partial charge in [-0.3, -0.25) is 9.59 Å². The van der Waals surface area contributed by atoms with Crippen molar-refractivity contribution in [2.75, 3.05) is 13.1 Å². The molecule has 0 heterocycles. The molecular formula is C16H23NO3. The van der Waals surface area contributed by atoms with Crippen molar-refractivity contribution < 1.29 is 14.3 Å². The summed E-state index contributed by atoms with van der Waals surface area (Å²) in [6.07, 6.45) is 0.204. The number of esters is 1. The molecule has 0 radical (unpaired) electrons. The van der Waals surface area contributed by atoms with Gasteiger partial charge in [0, 0.05) is 19.5 Å². The van der Waals surface area contributed by atoms with Crippen molar-refractivity contribution in [2.24, 2.45) is 5.92 Å². The van der Waals surface area contributed by atoms with Crippen molar-refractivity contribution in [1.82, 2.24) is 4.90 Å². The average molecular weight is 277 g/mol. The van der Waals surface area contributed by atoms with Crippen molar-refractivity contribution in [3.63, 3.8) is 0 Å². The largest absolute Gasteiger partial charge is 0.461 e. The van der Waals surface area contributed by atoms with Gasteiger partial charge in [-0.2, -0.15) is 0 Å². The van der Waals surface area contributed by atoms with Crippen LogP contribution in [0.2, 0.25) is 0 Å². The normalized spacial score (nSPS) is 11.8. The molecule has 0 aliphatic rings. The van der Waals surface area contributed by atoms with Crippen LogP contribution in [0.4, 0.5) is 0 Å². The summed E-state index contributed by atoms with van der Waals surface area (Å²) in [5, 5.41) is 0. The maximum absolute atomic E-state index is 11.9. The zero-order valence-electron chi connectivity index (χ0n) is 12.5. The first-order valence-corrected chi connectivity index (χ1v) is 7.06. The van der Waals surface area contributed by atoms with E-state index in [0.29, 0.717) is 13.1 Å². The Balaban J connectivity index is 2.41. The highest BCUT2D eigenvalue weighted by molar-refractivity contribution is 5.82. The van der Waals surface area contributed by atoms with E-state index in [2.05, 4.69) is 0 Å². The minimum Gasteiger partial charge on any atom is -0.461 e. The summed E-state index contributed by atoms with van der Waals surface area (Å²) in [6.45, 7) is 7.18. The molecule has 1 amide bonds. The van der Waals surface area contributed by atoms with E-state index >= 15 is 0 Å². The fraction of sp³-hybridized carbons (Fsp3) is 0.500. The maximum Gasteiger partial charge on any atom is 0.309 e. The first-order valence-electron chi connectivity index (χ1n) is 7.06. The van der Waals surface area contributed by atoms with Crippen LogP contribution in [-0.2, 0) is 20.9 Å². The fourth-order valence-electron chi connectivity index (χ4n) is 1.92. The van der Waals surface area contributed by atoms with Gasteiger partial charge in [-0.1, -0.05) is 37.3 Å². The van der Waals surface area contributed by atoms with Gasteiger partial charge in [-0.05, 0) is 19.4 Å². The van der Waals surface area contributed by atoms with Gasteiger partial charge in [0.2, 0.25) is 5.91 Å². The van der Waals surface area contributed by atoms with Crippen molar-refractivity contribution in [2.45, 2.75) is 33.8 Å². The third-order valence-electron chi connectivity index (χ3n) is 3.22. The summed E-state index contributed by atoms with van der Waals surface area (Å²) in [5.41, 5.74) is 0.947. The minimum atomic E-state index is -0.410. The predicted molar refractivity (Wildman–Crippen MR) is 77.9 cm³/mol. The zero-order valence-corrected chi connectivity index (χ0v) is 12.5. The molecule has 0 bridgehead atoms. The van der Waals surface area contributed by atoms with Crippen LogP contribution >= 0.6 is 0 Å². The molecule has 1 aromatic carbocycles. The van der Waals surface area contributed by atoms with Gasteiger partial charge in [-0.15, -0.1) is 0 Å². The van der Waals surface area contributed by atoms with Gasteiger partial charge >= 0.3 is 5.97 Å². The number of nitrogens with zero attached hydrogens (tertiary/aromatic N) is 1. The van der Waals surface area contributed by atoms with E-state index in [4.69, 9.17) is 4.74 Å². The number of ether oxygens (including phenoxy) is 1. The second-order valence-corrected chi connectivity index (χ2v) is 4.76. The summed E-state index contributed by atoms with van der Waals surface area (Å²) < 4.78 is 5.23. The number of rotatable bonds is 7. The van der Waals surface area contributed by atoms with Gasteiger partial charge in [-0.25, -0.2) is 0 Å². The second kappa shape index (κ2) is 8.35. The van der Waals surface area contributed by atoms with E-state index < -0.39 is 5.92 Å². The maximum atomic E-state index is 11.9.